The predicted octanol–water partition coefficient (Wildman–Crippen LogP) is 2.12. The Hall–Kier alpha value is -2.74. The third-order valence-electron chi connectivity index (χ3n) is 4.83. The molecule has 9 heteroatoms. The van der Waals surface area contributed by atoms with Crippen LogP contribution >= 0.6 is 11.6 Å². The molecule has 1 amide bonds. The van der Waals surface area contributed by atoms with Gasteiger partial charge in [-0.15, -0.1) is 0 Å². The average molecular weight is 391 g/mol. The highest BCUT2D eigenvalue weighted by Gasteiger charge is 2.23. The van der Waals surface area contributed by atoms with Crippen LogP contribution in [0.4, 0.5) is 0 Å². The van der Waals surface area contributed by atoms with Crippen LogP contribution in [0.2, 0.25) is 5.02 Å². The number of benzene rings is 1. The van der Waals surface area contributed by atoms with Gasteiger partial charge in [0, 0.05) is 42.5 Å². The van der Waals surface area contributed by atoms with E-state index >= 15 is 0 Å². The van der Waals surface area contributed by atoms with Gasteiger partial charge >= 0.3 is 5.69 Å². The van der Waals surface area contributed by atoms with E-state index in [4.69, 9.17) is 20.8 Å². The van der Waals surface area contributed by atoms with Gasteiger partial charge in [-0.2, -0.15) is 5.10 Å². The van der Waals surface area contributed by atoms with Crippen molar-refractivity contribution in [2.24, 2.45) is 7.05 Å². The van der Waals surface area contributed by atoms with Crippen LogP contribution in [0.1, 0.15) is 29.2 Å². The van der Waals surface area contributed by atoms with Crippen molar-refractivity contribution >= 4 is 28.5 Å². The second-order valence-electron chi connectivity index (χ2n) is 6.61. The van der Waals surface area contributed by atoms with Gasteiger partial charge in [-0.1, -0.05) is 11.6 Å². The first-order valence-electron chi connectivity index (χ1n) is 8.67. The molecule has 0 spiro atoms. The lowest BCUT2D eigenvalue weighted by atomic mass is 10.1. The third-order valence-corrected chi connectivity index (χ3v) is 5.05. The van der Waals surface area contributed by atoms with Crippen LogP contribution in [0.3, 0.4) is 0 Å². The fourth-order valence-electron chi connectivity index (χ4n) is 3.45. The number of hydrogen-bond donors (Lipinski definition) is 1. The highest BCUT2D eigenvalue weighted by Crippen LogP contribution is 2.32. The van der Waals surface area contributed by atoms with Crippen LogP contribution < -0.4 is 15.7 Å². The summed E-state index contributed by atoms with van der Waals surface area (Å²) in [6, 6.07) is 4.95. The van der Waals surface area contributed by atoms with Crippen molar-refractivity contribution in [3.8, 4) is 5.75 Å². The van der Waals surface area contributed by atoms with E-state index in [-0.39, 0.29) is 23.4 Å². The number of hydrogen-bond acceptors (Lipinski definition) is 5. The Labute approximate surface area is 159 Å². The molecule has 1 N–H and O–H groups in total. The van der Waals surface area contributed by atoms with Crippen molar-refractivity contribution in [2.75, 3.05) is 7.11 Å². The fourth-order valence-corrected chi connectivity index (χ4v) is 3.66. The minimum absolute atomic E-state index is 0.0670. The van der Waals surface area contributed by atoms with Gasteiger partial charge in [0.15, 0.2) is 17.1 Å². The number of carbonyl (C=O) groups excluding carboxylic acids is 1. The van der Waals surface area contributed by atoms with Crippen molar-refractivity contribution in [1.82, 2.24) is 19.7 Å². The number of ether oxygens (including phenoxy) is 1. The Morgan fingerprint density at radius 3 is 2.96 bits per heavy atom. The molecule has 3 heterocycles. The van der Waals surface area contributed by atoms with Crippen molar-refractivity contribution in [3.63, 3.8) is 0 Å². The van der Waals surface area contributed by atoms with Crippen molar-refractivity contribution in [1.29, 1.82) is 0 Å². The fraction of sp³-hybridized carbons (Fsp3) is 0.389. The lowest BCUT2D eigenvalue weighted by molar-refractivity contribution is 0.0907. The second kappa shape index (κ2) is 6.77. The van der Waals surface area contributed by atoms with Gasteiger partial charge in [-0.3, -0.25) is 9.36 Å². The van der Waals surface area contributed by atoms with Crippen LogP contribution in [-0.4, -0.2) is 33.4 Å². The molecular formula is C18H19ClN4O4. The molecule has 1 unspecified atom stereocenters. The van der Waals surface area contributed by atoms with E-state index in [1.54, 1.807) is 29.8 Å². The molecule has 2 aromatic heterocycles. The zero-order valence-corrected chi connectivity index (χ0v) is 15.7. The van der Waals surface area contributed by atoms with E-state index in [9.17, 15) is 9.59 Å². The maximum atomic E-state index is 12.6. The van der Waals surface area contributed by atoms with Crippen LogP contribution in [-0.2, 0) is 20.0 Å². The summed E-state index contributed by atoms with van der Waals surface area (Å²) in [4.78, 5) is 24.7. The smallest absolute Gasteiger partial charge is 0.345 e. The topological polar surface area (TPSA) is 91.3 Å². The van der Waals surface area contributed by atoms with Gasteiger partial charge < -0.3 is 14.5 Å². The zero-order valence-electron chi connectivity index (χ0n) is 15.0. The number of carbonyl (C=O) groups is 1. The number of aromatic nitrogens is 3. The van der Waals surface area contributed by atoms with Crippen molar-refractivity contribution < 1.29 is 13.9 Å². The number of fused-ring (bicyclic) bond motifs is 2. The molecule has 142 valence electrons. The summed E-state index contributed by atoms with van der Waals surface area (Å²) in [6.07, 6.45) is 1.99. The number of methoxy groups -OCH3 is 1. The van der Waals surface area contributed by atoms with Crippen molar-refractivity contribution in [3.05, 3.63) is 45.3 Å². The summed E-state index contributed by atoms with van der Waals surface area (Å²) < 4.78 is 14.0. The molecule has 1 aromatic carbocycles. The van der Waals surface area contributed by atoms with Gasteiger partial charge in [0.1, 0.15) is 5.82 Å². The Balaban J connectivity index is 1.51. The number of rotatable bonds is 3. The molecule has 1 aliphatic heterocycles. The lowest BCUT2D eigenvalue weighted by Crippen LogP contribution is -2.35. The van der Waals surface area contributed by atoms with E-state index in [0.29, 0.717) is 47.5 Å². The van der Waals surface area contributed by atoms with E-state index in [0.717, 1.165) is 5.82 Å². The Morgan fingerprint density at radius 1 is 1.37 bits per heavy atom. The Morgan fingerprint density at radius 2 is 2.19 bits per heavy atom. The Kier molecular flexibility index (Phi) is 4.43. The van der Waals surface area contributed by atoms with E-state index in [2.05, 4.69) is 10.4 Å². The van der Waals surface area contributed by atoms with Gasteiger partial charge in [-0.25, -0.2) is 9.48 Å². The quantitative estimate of drug-likeness (QED) is 0.739. The maximum absolute atomic E-state index is 12.6. The number of nitrogens with zero attached hydrogens (tertiary/aromatic N) is 3. The number of halogens is 1. The number of nitrogens with one attached hydrogen (secondary N) is 1. The molecule has 8 nitrogen and oxygen atoms in total. The van der Waals surface area contributed by atoms with E-state index in [1.165, 1.54) is 11.8 Å². The molecule has 27 heavy (non-hydrogen) atoms. The summed E-state index contributed by atoms with van der Waals surface area (Å²) >= 11 is 6.06. The van der Waals surface area contributed by atoms with Crippen LogP contribution in [0.15, 0.2) is 27.4 Å². The summed E-state index contributed by atoms with van der Waals surface area (Å²) in [6.45, 7) is 0.524. The van der Waals surface area contributed by atoms with E-state index in [1.807, 2.05) is 0 Å². The normalized spacial score (nSPS) is 16.8. The van der Waals surface area contributed by atoms with Gasteiger partial charge in [0.05, 0.1) is 7.11 Å². The summed E-state index contributed by atoms with van der Waals surface area (Å²) in [7, 11) is 3.16. The molecule has 0 bridgehead atoms. The zero-order chi connectivity index (χ0) is 19.1. The predicted molar refractivity (Wildman–Crippen MR) is 99.4 cm³/mol. The minimum Gasteiger partial charge on any atom is -0.493 e. The molecule has 1 aliphatic rings. The Bertz CT molecular complexity index is 1080. The molecule has 0 fully saturated rings. The lowest BCUT2D eigenvalue weighted by Gasteiger charge is -2.14. The average Bonchev–Trinajstić information content (AvgIpc) is 3.11. The first-order chi connectivity index (χ1) is 13.0. The number of aryl methyl sites for hydroxylation is 2. The van der Waals surface area contributed by atoms with E-state index < -0.39 is 0 Å². The molecule has 0 aliphatic carbocycles. The molecular weight excluding hydrogens is 372 g/mol. The van der Waals surface area contributed by atoms with Crippen LogP contribution in [0, 0.1) is 0 Å². The van der Waals surface area contributed by atoms with Crippen LogP contribution in [0.5, 0.6) is 5.75 Å². The molecule has 1 atom stereocenters. The molecule has 0 saturated carbocycles. The minimum atomic E-state index is -0.304. The highest BCUT2D eigenvalue weighted by molar-refractivity contribution is 6.31. The summed E-state index contributed by atoms with van der Waals surface area (Å²) in [5.74, 6) is 1.12. The molecule has 3 aromatic rings. The first kappa shape index (κ1) is 17.7. The van der Waals surface area contributed by atoms with Gasteiger partial charge in [0.2, 0.25) is 0 Å². The van der Waals surface area contributed by atoms with Crippen LogP contribution in [0.25, 0.3) is 11.0 Å². The standard InChI is InChI=1S/C18H19ClN4O4/c1-22-18(25)23-6-5-12(3-4-15(23)21-22)20-17(24)14-8-10-7-11(19)9-13(26-2)16(10)27-14/h7-9,12H,3-6H2,1-2H3,(H,20,24). The van der Waals surface area contributed by atoms with Crippen molar-refractivity contribution in [2.45, 2.75) is 31.8 Å². The molecule has 0 saturated heterocycles. The molecule has 4 rings (SSSR count). The monoisotopic (exact) mass is 390 g/mol. The highest BCUT2D eigenvalue weighted by atomic mass is 35.5. The second-order valence-corrected chi connectivity index (χ2v) is 7.05. The number of amides is 1. The molecule has 0 radical (unpaired) electrons. The first-order valence-corrected chi connectivity index (χ1v) is 9.04. The summed E-state index contributed by atoms with van der Waals surface area (Å²) in [5, 5.41) is 8.45. The maximum Gasteiger partial charge on any atom is 0.345 e. The summed E-state index contributed by atoms with van der Waals surface area (Å²) in [5.41, 5.74) is 0.356. The van der Waals surface area contributed by atoms with Gasteiger partial charge in [0.25, 0.3) is 5.91 Å². The van der Waals surface area contributed by atoms with Gasteiger partial charge in [-0.05, 0) is 25.0 Å². The third kappa shape index (κ3) is 3.21. The SMILES string of the molecule is COc1cc(Cl)cc2cc(C(=O)NC3CCc4nn(C)c(=O)n4CC3)oc12. The largest absolute Gasteiger partial charge is 0.493 e. The number of furan rings is 1.